The number of carbonyl (C=O) groups is 1. The quantitative estimate of drug-likeness (QED) is 0.296. The molecule has 0 unspecified atom stereocenters. The largest absolute Gasteiger partial charge is 0.507 e. The fraction of sp³-hybridized carbons (Fsp3) is 0.0667. The van der Waals surface area contributed by atoms with Gasteiger partial charge < -0.3 is 20.1 Å². The van der Waals surface area contributed by atoms with Gasteiger partial charge in [0.15, 0.2) is 11.5 Å². The van der Waals surface area contributed by atoms with Gasteiger partial charge in [-0.1, -0.05) is 11.6 Å². The second-order valence-electron chi connectivity index (χ2n) is 4.44. The topological polar surface area (TPSA) is 111 Å². The summed E-state index contributed by atoms with van der Waals surface area (Å²) in [5.41, 5.74) is 2.48. The van der Waals surface area contributed by atoms with Gasteiger partial charge in [-0.15, -0.1) is 0 Å². The van der Waals surface area contributed by atoms with Crippen LogP contribution < -0.4 is 10.2 Å². The maximum atomic E-state index is 11.9. The van der Waals surface area contributed by atoms with E-state index < -0.39 is 23.2 Å². The first-order valence-corrected chi connectivity index (χ1v) is 6.72. The highest BCUT2D eigenvalue weighted by atomic mass is 35.5. The summed E-state index contributed by atoms with van der Waals surface area (Å²) in [5, 5.41) is 32.4. The van der Waals surface area contributed by atoms with Crippen LogP contribution in [0.15, 0.2) is 35.4 Å². The number of hydrogen-bond donors (Lipinski definition) is 4. The van der Waals surface area contributed by atoms with Crippen LogP contribution in [0.4, 0.5) is 0 Å². The Morgan fingerprint density at radius 1 is 1.17 bits per heavy atom. The molecule has 0 saturated heterocycles. The Morgan fingerprint density at radius 3 is 2.57 bits per heavy atom. The molecule has 0 fully saturated rings. The van der Waals surface area contributed by atoms with Crippen LogP contribution in [0.5, 0.6) is 23.0 Å². The number of amides is 1. The minimum absolute atomic E-state index is 0.240. The van der Waals surface area contributed by atoms with Gasteiger partial charge in [-0.3, -0.25) is 4.79 Å². The lowest BCUT2D eigenvalue weighted by atomic mass is 10.1. The summed E-state index contributed by atoms with van der Waals surface area (Å²) in [7, 11) is 1.48. The van der Waals surface area contributed by atoms with Crippen LogP contribution in [0.3, 0.4) is 0 Å². The maximum Gasteiger partial charge on any atom is 0.275 e. The van der Waals surface area contributed by atoms with Crippen molar-refractivity contribution < 1.29 is 24.9 Å². The number of ether oxygens (including phenoxy) is 1. The van der Waals surface area contributed by atoms with Crippen LogP contribution in [-0.2, 0) is 0 Å². The number of benzene rings is 2. The van der Waals surface area contributed by atoms with E-state index >= 15 is 0 Å². The number of halogens is 1. The molecular formula is C15H13ClN2O5. The van der Waals surface area contributed by atoms with Gasteiger partial charge in [0.2, 0.25) is 0 Å². The van der Waals surface area contributed by atoms with E-state index in [2.05, 4.69) is 10.5 Å². The van der Waals surface area contributed by atoms with Crippen molar-refractivity contribution >= 4 is 23.7 Å². The van der Waals surface area contributed by atoms with Crippen molar-refractivity contribution in [2.24, 2.45) is 5.10 Å². The van der Waals surface area contributed by atoms with E-state index in [1.54, 1.807) is 18.2 Å². The molecule has 0 aliphatic heterocycles. The van der Waals surface area contributed by atoms with E-state index in [1.165, 1.54) is 13.3 Å². The second kappa shape index (κ2) is 6.89. The van der Waals surface area contributed by atoms with Gasteiger partial charge in [-0.2, -0.15) is 5.10 Å². The molecule has 2 aromatic rings. The zero-order valence-electron chi connectivity index (χ0n) is 11.9. The molecule has 0 spiro atoms. The average Bonchev–Trinajstić information content (AvgIpc) is 2.51. The molecular weight excluding hydrogens is 324 g/mol. The van der Waals surface area contributed by atoms with Crippen LogP contribution in [-0.4, -0.2) is 34.6 Å². The molecule has 0 atom stereocenters. The van der Waals surface area contributed by atoms with Crippen LogP contribution in [0.25, 0.3) is 0 Å². The van der Waals surface area contributed by atoms with Gasteiger partial charge in [0.25, 0.3) is 5.91 Å². The molecule has 120 valence electrons. The number of hydrazone groups is 1. The van der Waals surface area contributed by atoms with Gasteiger partial charge >= 0.3 is 0 Å². The van der Waals surface area contributed by atoms with Crippen LogP contribution >= 0.6 is 11.6 Å². The Morgan fingerprint density at radius 2 is 1.87 bits per heavy atom. The lowest BCUT2D eigenvalue weighted by molar-refractivity contribution is 0.0952. The summed E-state index contributed by atoms with van der Waals surface area (Å²) < 4.78 is 5.13. The fourth-order valence-corrected chi connectivity index (χ4v) is 1.95. The molecule has 7 nitrogen and oxygen atoms in total. The molecule has 0 radical (unpaired) electrons. The summed E-state index contributed by atoms with van der Waals surface area (Å²) in [5.74, 6) is -1.82. The zero-order valence-corrected chi connectivity index (χ0v) is 12.7. The number of phenols is 3. The molecule has 1 amide bonds. The molecule has 0 heterocycles. The number of aromatic hydroxyl groups is 3. The fourth-order valence-electron chi connectivity index (χ4n) is 1.77. The lowest BCUT2D eigenvalue weighted by Gasteiger charge is -2.06. The SMILES string of the molecule is COc1ccc(Cl)cc1C=NNC(=O)c1cc(O)c(O)cc1O. The molecule has 0 saturated carbocycles. The third-order valence-corrected chi connectivity index (χ3v) is 3.13. The highest BCUT2D eigenvalue weighted by Crippen LogP contribution is 2.32. The van der Waals surface area contributed by atoms with Gasteiger partial charge in [-0.05, 0) is 18.2 Å². The Balaban J connectivity index is 2.16. The molecule has 23 heavy (non-hydrogen) atoms. The third kappa shape index (κ3) is 3.83. The Kier molecular flexibility index (Phi) is 4.92. The minimum Gasteiger partial charge on any atom is -0.507 e. The van der Waals surface area contributed by atoms with Crippen molar-refractivity contribution in [2.75, 3.05) is 7.11 Å². The Bertz CT molecular complexity index is 777. The Labute approximate surface area is 136 Å². The summed E-state index contributed by atoms with van der Waals surface area (Å²) in [6.45, 7) is 0. The molecule has 8 heteroatoms. The van der Waals surface area contributed by atoms with Crippen molar-refractivity contribution in [2.45, 2.75) is 0 Å². The summed E-state index contributed by atoms with van der Waals surface area (Å²) >= 11 is 5.88. The van der Waals surface area contributed by atoms with E-state index in [0.717, 1.165) is 12.1 Å². The standard InChI is InChI=1S/C15H13ClN2O5/c1-23-14-3-2-9(16)4-8(14)7-17-18-15(22)10-5-12(20)13(21)6-11(10)19/h2-7,19-21H,1H3,(H,18,22). The molecule has 0 aromatic heterocycles. The number of nitrogens with zero attached hydrogens (tertiary/aromatic N) is 1. The number of rotatable bonds is 4. The second-order valence-corrected chi connectivity index (χ2v) is 4.88. The van der Waals surface area contributed by atoms with E-state index in [9.17, 15) is 20.1 Å². The van der Waals surface area contributed by atoms with Crippen molar-refractivity contribution in [1.82, 2.24) is 5.43 Å². The number of hydrogen-bond acceptors (Lipinski definition) is 6. The molecule has 2 rings (SSSR count). The molecule has 0 aliphatic rings. The summed E-state index contributed by atoms with van der Waals surface area (Å²) in [6, 6.07) is 6.67. The predicted octanol–water partition coefficient (Wildman–Crippen LogP) is 2.23. The molecule has 0 bridgehead atoms. The molecule has 0 aliphatic carbocycles. The molecule has 4 N–H and O–H groups in total. The van der Waals surface area contributed by atoms with Crippen molar-refractivity contribution in [1.29, 1.82) is 0 Å². The van der Waals surface area contributed by atoms with Gasteiger partial charge in [0.05, 0.1) is 18.9 Å². The first-order valence-electron chi connectivity index (χ1n) is 6.34. The minimum atomic E-state index is -0.768. The first-order chi connectivity index (χ1) is 10.9. The van der Waals surface area contributed by atoms with Crippen LogP contribution in [0, 0.1) is 0 Å². The van der Waals surface area contributed by atoms with E-state index in [0.29, 0.717) is 16.3 Å². The first kappa shape index (κ1) is 16.4. The van der Waals surface area contributed by atoms with Gasteiger partial charge in [-0.25, -0.2) is 5.43 Å². The summed E-state index contributed by atoms with van der Waals surface area (Å²) in [4.78, 5) is 11.9. The van der Waals surface area contributed by atoms with E-state index in [1.807, 2.05) is 0 Å². The maximum absolute atomic E-state index is 11.9. The monoisotopic (exact) mass is 336 g/mol. The summed E-state index contributed by atoms with van der Waals surface area (Å²) in [6.07, 6.45) is 1.32. The normalized spacial score (nSPS) is 10.7. The number of carbonyl (C=O) groups excluding carboxylic acids is 1. The predicted molar refractivity (Wildman–Crippen MR) is 84.5 cm³/mol. The van der Waals surface area contributed by atoms with E-state index in [-0.39, 0.29) is 5.56 Å². The zero-order chi connectivity index (χ0) is 17.0. The number of methoxy groups -OCH3 is 1. The van der Waals surface area contributed by atoms with Crippen molar-refractivity contribution in [3.8, 4) is 23.0 Å². The number of nitrogens with one attached hydrogen (secondary N) is 1. The van der Waals surface area contributed by atoms with Gasteiger partial charge in [0, 0.05) is 22.7 Å². The van der Waals surface area contributed by atoms with Crippen molar-refractivity contribution in [3.63, 3.8) is 0 Å². The lowest BCUT2D eigenvalue weighted by Crippen LogP contribution is -2.17. The highest BCUT2D eigenvalue weighted by Gasteiger charge is 2.14. The highest BCUT2D eigenvalue weighted by molar-refractivity contribution is 6.30. The van der Waals surface area contributed by atoms with Gasteiger partial charge in [0.1, 0.15) is 11.5 Å². The smallest absolute Gasteiger partial charge is 0.275 e. The van der Waals surface area contributed by atoms with Crippen molar-refractivity contribution in [3.05, 3.63) is 46.5 Å². The molecule has 2 aromatic carbocycles. The third-order valence-electron chi connectivity index (χ3n) is 2.90. The van der Waals surface area contributed by atoms with Crippen LogP contribution in [0.1, 0.15) is 15.9 Å². The van der Waals surface area contributed by atoms with E-state index in [4.69, 9.17) is 16.3 Å². The number of phenolic OH excluding ortho intramolecular Hbond substituents is 3. The van der Waals surface area contributed by atoms with Crippen LogP contribution in [0.2, 0.25) is 5.02 Å². The average molecular weight is 337 g/mol. The Hall–Kier alpha value is -2.93.